The van der Waals surface area contributed by atoms with Gasteiger partial charge in [0, 0.05) is 16.7 Å². The van der Waals surface area contributed by atoms with E-state index < -0.39 is 0 Å². The first-order chi connectivity index (χ1) is 10.6. The number of nitrogens with zero attached hydrogens (tertiary/aromatic N) is 1. The summed E-state index contributed by atoms with van der Waals surface area (Å²) in [6, 6.07) is 11.3. The molecule has 0 bridgehead atoms. The lowest BCUT2D eigenvalue weighted by molar-refractivity contribution is 0.392. The van der Waals surface area contributed by atoms with Crippen molar-refractivity contribution in [2.24, 2.45) is 5.10 Å². The molecule has 0 aliphatic carbocycles. The molecule has 6 heteroatoms. The third-order valence-electron chi connectivity index (χ3n) is 3.00. The molecule has 0 amide bonds. The van der Waals surface area contributed by atoms with Gasteiger partial charge >= 0.3 is 0 Å². The maximum Gasteiger partial charge on any atom is 0.136 e. The van der Waals surface area contributed by atoms with E-state index in [0.29, 0.717) is 18.0 Å². The summed E-state index contributed by atoms with van der Waals surface area (Å²) in [5, 5.41) is 4.94. The van der Waals surface area contributed by atoms with E-state index in [1.807, 2.05) is 36.4 Å². The maximum absolute atomic E-state index is 5.85. The van der Waals surface area contributed by atoms with Crippen LogP contribution in [0.1, 0.15) is 11.1 Å². The lowest BCUT2D eigenvalue weighted by atomic mass is 10.2. The van der Waals surface area contributed by atoms with Gasteiger partial charge in [-0.05, 0) is 39.7 Å². The monoisotopic (exact) mass is 382 g/mol. The number of ether oxygens (including phenoxy) is 2. The molecule has 2 aromatic carbocycles. The van der Waals surface area contributed by atoms with Crippen LogP contribution in [0.5, 0.6) is 11.5 Å². The highest BCUT2D eigenvalue weighted by Crippen LogP contribution is 2.31. The van der Waals surface area contributed by atoms with Crippen molar-refractivity contribution in [2.75, 3.05) is 14.2 Å². The van der Waals surface area contributed by atoms with E-state index in [9.17, 15) is 0 Å². The average Bonchev–Trinajstić information content (AvgIpc) is 2.53. The topological polar surface area (TPSA) is 42.9 Å². The summed E-state index contributed by atoms with van der Waals surface area (Å²) in [7, 11) is 3.22. The highest BCUT2D eigenvalue weighted by Gasteiger charge is 2.07. The second-order valence-corrected chi connectivity index (χ2v) is 5.74. The number of hydrogen-bond acceptors (Lipinski definition) is 4. The second kappa shape index (κ2) is 8.06. The molecule has 0 aliphatic rings. The molecular formula is C16H16BrClN2O2. The SMILES string of the molecule is COc1cc(OC)c(/C=N\NCc2ccc(Cl)cc2)cc1Br. The van der Waals surface area contributed by atoms with E-state index >= 15 is 0 Å². The number of hydrogen-bond donors (Lipinski definition) is 1. The van der Waals surface area contributed by atoms with E-state index in [1.165, 1.54) is 0 Å². The van der Waals surface area contributed by atoms with Gasteiger partial charge in [0.05, 0.1) is 31.5 Å². The minimum Gasteiger partial charge on any atom is -0.496 e. The van der Waals surface area contributed by atoms with Crippen molar-refractivity contribution in [1.29, 1.82) is 0 Å². The summed E-state index contributed by atoms with van der Waals surface area (Å²) in [6.45, 7) is 0.618. The number of benzene rings is 2. The number of rotatable bonds is 6. The fourth-order valence-electron chi connectivity index (χ4n) is 1.84. The molecule has 0 aromatic heterocycles. The first-order valence-electron chi connectivity index (χ1n) is 6.56. The fraction of sp³-hybridized carbons (Fsp3) is 0.188. The lowest BCUT2D eigenvalue weighted by Crippen LogP contribution is -2.05. The predicted octanol–water partition coefficient (Wildman–Crippen LogP) is 4.24. The van der Waals surface area contributed by atoms with E-state index in [1.54, 1.807) is 20.4 Å². The molecule has 0 saturated heterocycles. The molecular weight excluding hydrogens is 368 g/mol. The normalized spacial score (nSPS) is 10.7. The number of nitrogens with one attached hydrogen (secondary N) is 1. The third-order valence-corrected chi connectivity index (χ3v) is 3.87. The molecule has 1 N–H and O–H groups in total. The van der Waals surface area contributed by atoms with Crippen LogP contribution in [0.25, 0.3) is 0 Å². The third kappa shape index (κ3) is 4.39. The van der Waals surface area contributed by atoms with Gasteiger partial charge in [0.15, 0.2) is 0 Å². The molecule has 0 spiro atoms. The Balaban J connectivity index is 2.03. The first-order valence-corrected chi connectivity index (χ1v) is 7.73. The minimum absolute atomic E-state index is 0.618. The zero-order valence-corrected chi connectivity index (χ0v) is 14.6. The fourth-order valence-corrected chi connectivity index (χ4v) is 2.49. The summed E-state index contributed by atoms with van der Waals surface area (Å²) < 4.78 is 11.4. The highest BCUT2D eigenvalue weighted by molar-refractivity contribution is 9.10. The summed E-state index contributed by atoms with van der Waals surface area (Å²) >= 11 is 9.30. The Morgan fingerprint density at radius 3 is 2.45 bits per heavy atom. The molecule has 4 nitrogen and oxygen atoms in total. The summed E-state index contributed by atoms with van der Waals surface area (Å²) in [4.78, 5) is 0. The van der Waals surface area contributed by atoms with Crippen LogP contribution in [0.15, 0.2) is 46.0 Å². The van der Waals surface area contributed by atoms with Crippen molar-refractivity contribution in [3.8, 4) is 11.5 Å². The van der Waals surface area contributed by atoms with Crippen molar-refractivity contribution in [2.45, 2.75) is 6.54 Å². The largest absolute Gasteiger partial charge is 0.496 e. The number of methoxy groups -OCH3 is 2. The summed E-state index contributed by atoms with van der Waals surface area (Å²) in [5.74, 6) is 1.40. The average molecular weight is 384 g/mol. The standard InChI is InChI=1S/C16H16BrClN2O2/c1-21-15-8-16(22-2)14(17)7-12(15)10-20-19-9-11-3-5-13(18)6-4-11/h3-8,10,19H,9H2,1-2H3/b20-10-. The van der Waals surface area contributed by atoms with Crippen molar-refractivity contribution in [3.05, 3.63) is 57.0 Å². The molecule has 2 rings (SSSR count). The Morgan fingerprint density at radius 1 is 1.14 bits per heavy atom. The van der Waals surface area contributed by atoms with E-state index in [2.05, 4.69) is 26.5 Å². The van der Waals surface area contributed by atoms with Crippen LogP contribution in [0.2, 0.25) is 5.02 Å². The van der Waals surface area contributed by atoms with Crippen LogP contribution in [0, 0.1) is 0 Å². The van der Waals surface area contributed by atoms with Gasteiger partial charge < -0.3 is 14.9 Å². The quantitative estimate of drug-likeness (QED) is 0.599. The van der Waals surface area contributed by atoms with E-state index in [4.69, 9.17) is 21.1 Å². The number of hydrazone groups is 1. The zero-order chi connectivity index (χ0) is 15.9. The van der Waals surface area contributed by atoms with Crippen molar-refractivity contribution >= 4 is 33.7 Å². The van der Waals surface area contributed by atoms with Gasteiger partial charge in [0.1, 0.15) is 11.5 Å². The van der Waals surface area contributed by atoms with Crippen LogP contribution < -0.4 is 14.9 Å². The van der Waals surface area contributed by atoms with Crippen LogP contribution >= 0.6 is 27.5 Å². The van der Waals surface area contributed by atoms with E-state index in [-0.39, 0.29) is 0 Å². The van der Waals surface area contributed by atoms with Gasteiger partial charge in [-0.1, -0.05) is 23.7 Å². The van der Waals surface area contributed by atoms with Gasteiger partial charge in [0.2, 0.25) is 0 Å². The molecule has 2 aromatic rings. The molecule has 0 radical (unpaired) electrons. The van der Waals surface area contributed by atoms with Crippen molar-refractivity contribution < 1.29 is 9.47 Å². The van der Waals surface area contributed by atoms with Gasteiger partial charge in [-0.15, -0.1) is 0 Å². The van der Waals surface area contributed by atoms with E-state index in [0.717, 1.165) is 20.6 Å². The molecule has 0 atom stereocenters. The van der Waals surface area contributed by atoms with Crippen LogP contribution in [0.3, 0.4) is 0 Å². The van der Waals surface area contributed by atoms with Crippen LogP contribution in [0.4, 0.5) is 0 Å². The second-order valence-electron chi connectivity index (χ2n) is 4.45. The van der Waals surface area contributed by atoms with Gasteiger partial charge in [-0.2, -0.15) is 5.10 Å². The molecule has 0 fully saturated rings. The van der Waals surface area contributed by atoms with Crippen molar-refractivity contribution in [3.63, 3.8) is 0 Å². The highest BCUT2D eigenvalue weighted by atomic mass is 79.9. The Bertz CT molecular complexity index is 660. The molecule has 0 aliphatic heterocycles. The summed E-state index contributed by atoms with van der Waals surface area (Å²) in [5.41, 5.74) is 4.94. The minimum atomic E-state index is 0.618. The first kappa shape index (κ1) is 16.6. The molecule has 0 unspecified atom stereocenters. The summed E-state index contributed by atoms with van der Waals surface area (Å²) in [6.07, 6.45) is 1.71. The molecule has 116 valence electrons. The molecule has 0 heterocycles. The maximum atomic E-state index is 5.85. The van der Waals surface area contributed by atoms with Crippen molar-refractivity contribution in [1.82, 2.24) is 5.43 Å². The Hall–Kier alpha value is -1.72. The smallest absolute Gasteiger partial charge is 0.136 e. The molecule has 22 heavy (non-hydrogen) atoms. The zero-order valence-electron chi connectivity index (χ0n) is 12.3. The molecule has 0 saturated carbocycles. The number of halogens is 2. The van der Waals surface area contributed by atoms with Gasteiger partial charge in [0.25, 0.3) is 0 Å². The Labute approximate surface area is 143 Å². The predicted molar refractivity (Wildman–Crippen MR) is 93.1 cm³/mol. The van der Waals surface area contributed by atoms with Crippen LogP contribution in [-0.2, 0) is 6.54 Å². The van der Waals surface area contributed by atoms with Gasteiger partial charge in [-0.25, -0.2) is 0 Å². The Morgan fingerprint density at radius 2 is 1.82 bits per heavy atom. The van der Waals surface area contributed by atoms with Gasteiger partial charge in [-0.3, -0.25) is 0 Å². The van der Waals surface area contributed by atoms with Crippen LogP contribution in [-0.4, -0.2) is 20.4 Å². The lowest BCUT2D eigenvalue weighted by Gasteiger charge is -2.09. The Kier molecular flexibility index (Phi) is 6.10.